The quantitative estimate of drug-likeness (QED) is 0.814. The van der Waals surface area contributed by atoms with Crippen molar-refractivity contribution in [1.82, 2.24) is 0 Å². The molecule has 0 fully saturated rings. The molecule has 4 rings (SSSR count). The molecule has 0 N–H and O–H groups in total. The molecule has 0 saturated carbocycles. The van der Waals surface area contributed by atoms with E-state index >= 15 is 0 Å². The standard InChI is InChI=1S/C20H22O2/c1-21-15-5-9-17-13(11-15)3-7-20-18-10-6-16(22-2)12-14(18)4-8-19(17)20/h5-6,9-12,19-20H,3-4,7-8H2,1-2H3. The number of methoxy groups -OCH3 is 2. The van der Waals surface area contributed by atoms with Crippen LogP contribution in [0, 0.1) is 0 Å². The first-order valence-electron chi connectivity index (χ1n) is 8.14. The van der Waals surface area contributed by atoms with Gasteiger partial charge in [-0.15, -0.1) is 0 Å². The maximum atomic E-state index is 5.38. The van der Waals surface area contributed by atoms with Gasteiger partial charge >= 0.3 is 0 Å². The molecule has 2 heteroatoms. The van der Waals surface area contributed by atoms with Crippen molar-refractivity contribution in [3.05, 3.63) is 58.7 Å². The van der Waals surface area contributed by atoms with Gasteiger partial charge in [0.25, 0.3) is 0 Å². The average Bonchev–Trinajstić information content (AvgIpc) is 2.59. The fraction of sp³-hybridized carbons (Fsp3) is 0.400. The minimum absolute atomic E-state index is 0.663. The van der Waals surface area contributed by atoms with E-state index < -0.39 is 0 Å². The molecule has 0 bridgehead atoms. The van der Waals surface area contributed by atoms with Crippen LogP contribution in [0.3, 0.4) is 0 Å². The maximum absolute atomic E-state index is 5.38. The zero-order valence-corrected chi connectivity index (χ0v) is 13.3. The Morgan fingerprint density at radius 2 is 1.18 bits per heavy atom. The first kappa shape index (κ1) is 13.7. The van der Waals surface area contributed by atoms with Crippen LogP contribution < -0.4 is 9.47 Å². The van der Waals surface area contributed by atoms with Gasteiger partial charge in [-0.05, 0) is 84.0 Å². The highest BCUT2D eigenvalue weighted by molar-refractivity contribution is 5.47. The van der Waals surface area contributed by atoms with E-state index in [2.05, 4.69) is 36.4 Å². The van der Waals surface area contributed by atoms with Crippen molar-refractivity contribution in [3.63, 3.8) is 0 Å². The smallest absolute Gasteiger partial charge is 0.119 e. The Morgan fingerprint density at radius 3 is 1.59 bits per heavy atom. The number of benzene rings is 2. The normalized spacial score (nSPS) is 22.3. The fourth-order valence-corrected chi connectivity index (χ4v) is 4.34. The summed E-state index contributed by atoms with van der Waals surface area (Å²) in [5.74, 6) is 3.29. The van der Waals surface area contributed by atoms with Crippen molar-refractivity contribution >= 4 is 0 Å². The molecule has 0 amide bonds. The lowest BCUT2D eigenvalue weighted by atomic mass is 9.66. The average molecular weight is 294 g/mol. The zero-order chi connectivity index (χ0) is 15.1. The molecule has 2 atom stereocenters. The van der Waals surface area contributed by atoms with E-state index in [1.54, 1.807) is 25.3 Å². The Balaban J connectivity index is 1.73. The van der Waals surface area contributed by atoms with Crippen molar-refractivity contribution < 1.29 is 9.47 Å². The lowest BCUT2D eigenvalue weighted by Gasteiger charge is -2.39. The molecular formula is C20H22O2. The Bertz CT molecular complexity index is 643. The molecule has 0 aliphatic heterocycles. The molecule has 2 aromatic carbocycles. The van der Waals surface area contributed by atoms with Crippen LogP contribution in [-0.4, -0.2) is 14.2 Å². The fourth-order valence-electron chi connectivity index (χ4n) is 4.34. The van der Waals surface area contributed by atoms with Crippen LogP contribution >= 0.6 is 0 Å². The van der Waals surface area contributed by atoms with Crippen molar-refractivity contribution in [1.29, 1.82) is 0 Å². The molecule has 2 nitrogen and oxygen atoms in total. The summed E-state index contributed by atoms with van der Waals surface area (Å²) < 4.78 is 10.8. The molecule has 2 unspecified atom stereocenters. The molecule has 0 aromatic heterocycles. The number of hydrogen-bond acceptors (Lipinski definition) is 2. The highest BCUT2D eigenvalue weighted by Gasteiger charge is 2.34. The SMILES string of the molecule is COc1ccc2c(c1)CCC1c3ccc(OC)cc3CCC21. The number of aryl methyl sites for hydroxylation is 2. The van der Waals surface area contributed by atoms with Crippen LogP contribution in [0.4, 0.5) is 0 Å². The van der Waals surface area contributed by atoms with Crippen LogP contribution in [-0.2, 0) is 12.8 Å². The van der Waals surface area contributed by atoms with Gasteiger partial charge in [0.1, 0.15) is 11.5 Å². The van der Waals surface area contributed by atoms with Crippen LogP contribution in [0.5, 0.6) is 11.5 Å². The van der Waals surface area contributed by atoms with Crippen molar-refractivity contribution in [2.75, 3.05) is 14.2 Å². The molecule has 0 radical (unpaired) electrons. The monoisotopic (exact) mass is 294 g/mol. The predicted octanol–water partition coefficient (Wildman–Crippen LogP) is 4.46. The summed E-state index contributed by atoms with van der Waals surface area (Å²) >= 11 is 0. The lowest BCUT2D eigenvalue weighted by Crippen LogP contribution is -2.24. The summed E-state index contributed by atoms with van der Waals surface area (Å²) in [6.45, 7) is 0. The zero-order valence-electron chi connectivity index (χ0n) is 13.3. The van der Waals surface area contributed by atoms with Gasteiger partial charge < -0.3 is 9.47 Å². The van der Waals surface area contributed by atoms with Crippen LogP contribution in [0.1, 0.15) is 46.9 Å². The van der Waals surface area contributed by atoms with Gasteiger partial charge in [0.2, 0.25) is 0 Å². The van der Waals surface area contributed by atoms with Gasteiger partial charge in [0.05, 0.1) is 14.2 Å². The summed E-state index contributed by atoms with van der Waals surface area (Å²) in [6, 6.07) is 13.3. The maximum Gasteiger partial charge on any atom is 0.119 e. The van der Waals surface area contributed by atoms with Crippen LogP contribution in [0.15, 0.2) is 36.4 Å². The third-order valence-corrected chi connectivity index (χ3v) is 5.43. The van der Waals surface area contributed by atoms with Crippen molar-refractivity contribution in [2.24, 2.45) is 0 Å². The van der Waals surface area contributed by atoms with Gasteiger partial charge in [-0.1, -0.05) is 12.1 Å². The molecular weight excluding hydrogens is 272 g/mol. The second kappa shape index (κ2) is 5.35. The number of ether oxygens (including phenoxy) is 2. The highest BCUT2D eigenvalue weighted by Crippen LogP contribution is 2.49. The molecule has 2 aromatic rings. The second-order valence-corrected chi connectivity index (χ2v) is 6.42. The van der Waals surface area contributed by atoms with Gasteiger partial charge in [-0.3, -0.25) is 0 Å². The van der Waals surface area contributed by atoms with Gasteiger partial charge in [0.15, 0.2) is 0 Å². The van der Waals surface area contributed by atoms with Crippen molar-refractivity contribution in [3.8, 4) is 11.5 Å². The van der Waals surface area contributed by atoms with E-state index in [9.17, 15) is 0 Å². The topological polar surface area (TPSA) is 18.5 Å². The predicted molar refractivity (Wildman–Crippen MR) is 88.1 cm³/mol. The molecule has 0 heterocycles. The largest absolute Gasteiger partial charge is 0.497 e. The van der Waals surface area contributed by atoms with Gasteiger partial charge in [-0.25, -0.2) is 0 Å². The van der Waals surface area contributed by atoms with E-state index in [1.165, 1.54) is 24.0 Å². The van der Waals surface area contributed by atoms with E-state index in [0.717, 1.165) is 24.3 Å². The lowest BCUT2D eigenvalue weighted by molar-refractivity contribution is 0.400. The molecule has 0 saturated heterocycles. The third-order valence-electron chi connectivity index (χ3n) is 5.43. The van der Waals surface area contributed by atoms with E-state index in [0.29, 0.717) is 11.8 Å². The summed E-state index contributed by atoms with van der Waals surface area (Å²) in [6.07, 6.45) is 4.78. The number of hydrogen-bond donors (Lipinski definition) is 0. The molecule has 2 aliphatic rings. The van der Waals surface area contributed by atoms with Crippen molar-refractivity contribution in [2.45, 2.75) is 37.5 Å². The Kier molecular flexibility index (Phi) is 3.33. The minimum atomic E-state index is 0.663. The van der Waals surface area contributed by atoms with Crippen LogP contribution in [0.2, 0.25) is 0 Å². The number of rotatable bonds is 2. The summed E-state index contributed by atoms with van der Waals surface area (Å²) in [5.41, 5.74) is 6.05. The summed E-state index contributed by atoms with van der Waals surface area (Å²) in [5, 5.41) is 0. The number of fused-ring (bicyclic) bond motifs is 5. The first-order valence-corrected chi connectivity index (χ1v) is 8.14. The Morgan fingerprint density at radius 1 is 0.727 bits per heavy atom. The summed E-state index contributed by atoms with van der Waals surface area (Å²) in [7, 11) is 3.50. The Labute approximate surface area is 132 Å². The van der Waals surface area contributed by atoms with E-state index in [4.69, 9.17) is 9.47 Å². The first-order chi connectivity index (χ1) is 10.8. The Hall–Kier alpha value is -1.96. The molecule has 114 valence electrons. The van der Waals surface area contributed by atoms with Gasteiger partial charge in [0, 0.05) is 0 Å². The van der Waals surface area contributed by atoms with E-state index in [-0.39, 0.29) is 0 Å². The highest BCUT2D eigenvalue weighted by atomic mass is 16.5. The second-order valence-electron chi connectivity index (χ2n) is 6.42. The van der Waals surface area contributed by atoms with Crippen LogP contribution in [0.25, 0.3) is 0 Å². The third kappa shape index (κ3) is 2.09. The van der Waals surface area contributed by atoms with Gasteiger partial charge in [-0.2, -0.15) is 0 Å². The van der Waals surface area contributed by atoms with E-state index in [1.807, 2.05) is 0 Å². The molecule has 0 spiro atoms. The molecule has 2 aliphatic carbocycles. The minimum Gasteiger partial charge on any atom is -0.497 e. The summed E-state index contributed by atoms with van der Waals surface area (Å²) in [4.78, 5) is 0. The molecule has 22 heavy (non-hydrogen) atoms.